The molecule has 0 fully saturated rings. The number of tetrazole rings is 1. The van der Waals surface area contributed by atoms with Crippen LogP contribution in [0.25, 0.3) is 10.6 Å². The van der Waals surface area contributed by atoms with E-state index in [9.17, 15) is 9.18 Å². The fraction of sp³-hybridized carbons (Fsp3) is 0.0714. The van der Waals surface area contributed by atoms with Crippen LogP contribution in [0.5, 0.6) is 0 Å². The van der Waals surface area contributed by atoms with Crippen molar-refractivity contribution in [1.82, 2.24) is 29.6 Å². The normalized spacial score (nSPS) is 11.2. The van der Waals surface area contributed by atoms with Gasteiger partial charge in [0.15, 0.2) is 4.96 Å². The third-order valence-corrected chi connectivity index (χ3v) is 4.91. The molecule has 0 spiro atoms. The van der Waals surface area contributed by atoms with Crippen LogP contribution in [0.15, 0.2) is 51.9 Å². The SMILES string of the molecule is O=c1cc(CSc2nnnn2-c2cccc(F)c2)nc2sccn12. The van der Waals surface area contributed by atoms with Gasteiger partial charge in [0.2, 0.25) is 5.16 Å². The molecule has 0 N–H and O–H groups in total. The second-order valence-electron chi connectivity index (χ2n) is 4.78. The van der Waals surface area contributed by atoms with Crippen molar-refractivity contribution in [1.29, 1.82) is 0 Å². The smallest absolute Gasteiger partial charge is 0.258 e. The Kier molecular flexibility index (Phi) is 3.82. The van der Waals surface area contributed by atoms with Crippen molar-refractivity contribution in [3.63, 3.8) is 0 Å². The van der Waals surface area contributed by atoms with Crippen LogP contribution in [0.1, 0.15) is 5.69 Å². The van der Waals surface area contributed by atoms with Crippen LogP contribution in [-0.2, 0) is 5.75 Å². The summed E-state index contributed by atoms with van der Waals surface area (Å²) < 4.78 is 16.3. The molecule has 0 aliphatic carbocycles. The van der Waals surface area contributed by atoms with E-state index in [1.165, 1.54) is 50.4 Å². The molecular formula is C14H9FN6OS2. The first-order valence-corrected chi connectivity index (χ1v) is 8.70. The summed E-state index contributed by atoms with van der Waals surface area (Å²) in [5, 5.41) is 13.8. The largest absolute Gasteiger partial charge is 0.269 e. The molecule has 24 heavy (non-hydrogen) atoms. The fourth-order valence-electron chi connectivity index (χ4n) is 2.14. The van der Waals surface area contributed by atoms with Gasteiger partial charge in [0.1, 0.15) is 5.82 Å². The number of thiazole rings is 1. The molecule has 0 atom stereocenters. The van der Waals surface area contributed by atoms with E-state index in [0.29, 0.717) is 27.3 Å². The van der Waals surface area contributed by atoms with Crippen LogP contribution in [-0.4, -0.2) is 29.6 Å². The molecule has 4 aromatic rings. The number of nitrogens with zero attached hydrogens (tertiary/aromatic N) is 6. The lowest BCUT2D eigenvalue weighted by Crippen LogP contribution is -2.12. The van der Waals surface area contributed by atoms with E-state index in [4.69, 9.17) is 0 Å². The van der Waals surface area contributed by atoms with E-state index in [0.717, 1.165) is 0 Å². The Balaban J connectivity index is 1.60. The van der Waals surface area contributed by atoms with Crippen molar-refractivity contribution in [2.45, 2.75) is 10.9 Å². The molecule has 120 valence electrons. The van der Waals surface area contributed by atoms with Gasteiger partial charge in [-0.05, 0) is 28.6 Å². The Bertz CT molecular complexity index is 1070. The Morgan fingerprint density at radius 1 is 1.29 bits per heavy atom. The van der Waals surface area contributed by atoms with Crippen molar-refractivity contribution >= 4 is 28.1 Å². The van der Waals surface area contributed by atoms with Gasteiger partial charge >= 0.3 is 0 Å². The number of aromatic nitrogens is 6. The lowest BCUT2D eigenvalue weighted by atomic mass is 10.3. The zero-order valence-electron chi connectivity index (χ0n) is 12.0. The molecule has 3 heterocycles. The summed E-state index contributed by atoms with van der Waals surface area (Å²) in [6.07, 6.45) is 1.69. The van der Waals surface area contributed by atoms with Crippen LogP contribution >= 0.6 is 23.1 Å². The number of hydrogen-bond acceptors (Lipinski definition) is 7. The van der Waals surface area contributed by atoms with Gasteiger partial charge < -0.3 is 0 Å². The van der Waals surface area contributed by atoms with Crippen molar-refractivity contribution in [3.05, 3.63) is 63.8 Å². The molecule has 0 saturated heterocycles. The van der Waals surface area contributed by atoms with E-state index in [1.807, 2.05) is 5.38 Å². The number of benzene rings is 1. The highest BCUT2D eigenvalue weighted by Gasteiger charge is 2.11. The first-order chi connectivity index (χ1) is 11.7. The molecule has 0 radical (unpaired) electrons. The van der Waals surface area contributed by atoms with Crippen molar-refractivity contribution in [2.75, 3.05) is 0 Å². The molecule has 3 aromatic heterocycles. The summed E-state index contributed by atoms with van der Waals surface area (Å²) >= 11 is 2.72. The standard InChI is InChI=1S/C14H9FN6OS2/c15-9-2-1-3-11(6-9)21-14(17-18-19-21)24-8-10-7-12(22)20-4-5-23-13(20)16-10/h1-7H,8H2. The first-order valence-electron chi connectivity index (χ1n) is 6.83. The summed E-state index contributed by atoms with van der Waals surface area (Å²) in [4.78, 5) is 17.1. The first kappa shape index (κ1) is 15.0. The highest BCUT2D eigenvalue weighted by Crippen LogP contribution is 2.22. The zero-order valence-corrected chi connectivity index (χ0v) is 13.7. The minimum absolute atomic E-state index is 0.124. The number of hydrogen-bond donors (Lipinski definition) is 0. The van der Waals surface area contributed by atoms with Gasteiger partial charge in [-0.2, -0.15) is 4.68 Å². The lowest BCUT2D eigenvalue weighted by Gasteiger charge is -2.04. The Morgan fingerprint density at radius 2 is 2.21 bits per heavy atom. The van der Waals surface area contributed by atoms with Gasteiger partial charge in [-0.15, -0.1) is 16.4 Å². The molecule has 10 heteroatoms. The minimum atomic E-state index is -0.364. The molecule has 0 bridgehead atoms. The average molecular weight is 360 g/mol. The van der Waals surface area contributed by atoms with Gasteiger partial charge in [-0.25, -0.2) is 9.37 Å². The number of fused-ring (bicyclic) bond motifs is 1. The van der Waals surface area contributed by atoms with E-state index >= 15 is 0 Å². The van der Waals surface area contributed by atoms with Gasteiger partial charge in [0.25, 0.3) is 5.56 Å². The molecule has 7 nitrogen and oxygen atoms in total. The summed E-state index contributed by atoms with van der Waals surface area (Å²) in [5.41, 5.74) is 1.05. The van der Waals surface area contributed by atoms with Gasteiger partial charge in [0, 0.05) is 23.4 Å². The quantitative estimate of drug-likeness (QED) is 0.519. The highest BCUT2D eigenvalue weighted by molar-refractivity contribution is 7.98. The van der Waals surface area contributed by atoms with E-state index in [2.05, 4.69) is 20.5 Å². The zero-order chi connectivity index (χ0) is 16.5. The van der Waals surface area contributed by atoms with E-state index in [-0.39, 0.29) is 11.4 Å². The summed E-state index contributed by atoms with van der Waals surface area (Å²) in [6.45, 7) is 0. The van der Waals surface area contributed by atoms with Gasteiger partial charge in [-0.1, -0.05) is 17.8 Å². The summed E-state index contributed by atoms with van der Waals surface area (Å²) in [5.74, 6) is 0.0658. The average Bonchev–Trinajstić information content (AvgIpc) is 3.22. The molecule has 0 amide bonds. The molecule has 4 rings (SSSR count). The summed E-state index contributed by atoms with van der Waals surface area (Å²) in [7, 11) is 0. The fourth-order valence-corrected chi connectivity index (χ4v) is 3.66. The molecule has 0 saturated carbocycles. The molecule has 0 aliphatic rings. The van der Waals surface area contributed by atoms with Crippen molar-refractivity contribution in [2.24, 2.45) is 0 Å². The lowest BCUT2D eigenvalue weighted by molar-refractivity contribution is 0.623. The summed E-state index contributed by atoms with van der Waals surface area (Å²) in [6, 6.07) is 7.50. The highest BCUT2D eigenvalue weighted by atomic mass is 32.2. The third kappa shape index (κ3) is 2.81. The molecular weight excluding hydrogens is 351 g/mol. The molecule has 0 aliphatic heterocycles. The Morgan fingerprint density at radius 3 is 3.08 bits per heavy atom. The van der Waals surface area contributed by atoms with E-state index in [1.54, 1.807) is 18.3 Å². The van der Waals surface area contributed by atoms with Crippen LogP contribution < -0.4 is 5.56 Å². The van der Waals surface area contributed by atoms with Crippen molar-refractivity contribution in [3.8, 4) is 5.69 Å². The third-order valence-electron chi connectivity index (χ3n) is 3.20. The van der Waals surface area contributed by atoms with Crippen molar-refractivity contribution < 1.29 is 4.39 Å². The number of thioether (sulfide) groups is 1. The predicted molar refractivity (Wildman–Crippen MR) is 88.0 cm³/mol. The number of halogens is 1. The van der Waals surface area contributed by atoms with Gasteiger partial charge in [-0.3, -0.25) is 9.20 Å². The van der Waals surface area contributed by atoms with Crippen LogP contribution in [0.4, 0.5) is 4.39 Å². The van der Waals surface area contributed by atoms with Gasteiger partial charge in [0.05, 0.1) is 11.4 Å². The van der Waals surface area contributed by atoms with Crippen LogP contribution in [0.2, 0.25) is 0 Å². The number of rotatable bonds is 4. The predicted octanol–water partition coefficient (Wildman–Crippen LogP) is 2.16. The molecule has 1 aromatic carbocycles. The topological polar surface area (TPSA) is 78.0 Å². The van der Waals surface area contributed by atoms with Crippen LogP contribution in [0, 0.1) is 5.82 Å². The maximum Gasteiger partial charge on any atom is 0.258 e. The maximum atomic E-state index is 13.4. The second kappa shape index (κ2) is 6.13. The maximum absolute atomic E-state index is 13.4. The Labute approximate surface area is 142 Å². The monoisotopic (exact) mass is 360 g/mol. The van der Waals surface area contributed by atoms with E-state index < -0.39 is 0 Å². The second-order valence-corrected chi connectivity index (χ2v) is 6.60. The minimum Gasteiger partial charge on any atom is -0.269 e. The Hall–Kier alpha value is -2.59. The van der Waals surface area contributed by atoms with Crippen LogP contribution in [0.3, 0.4) is 0 Å². The molecule has 0 unspecified atom stereocenters.